The Morgan fingerprint density at radius 1 is 1.09 bits per heavy atom. The molecular weight excluding hydrogens is 430 g/mol. The van der Waals surface area contributed by atoms with Gasteiger partial charge in [0.25, 0.3) is 0 Å². The molecule has 34 heavy (non-hydrogen) atoms. The fourth-order valence-corrected chi connectivity index (χ4v) is 5.24. The molecule has 3 heterocycles. The summed E-state index contributed by atoms with van der Waals surface area (Å²) in [4.78, 5) is 32.8. The highest BCUT2D eigenvalue weighted by Crippen LogP contribution is 2.43. The Balaban J connectivity index is 1.31. The Labute approximate surface area is 198 Å². The molecule has 0 aliphatic carbocycles. The molecule has 1 N–H and O–H groups in total. The third-order valence-corrected chi connectivity index (χ3v) is 6.89. The highest BCUT2D eigenvalue weighted by atomic mass is 16.5. The number of aromatic nitrogens is 1. The van der Waals surface area contributed by atoms with E-state index in [0.29, 0.717) is 18.7 Å². The average Bonchev–Trinajstić information content (AvgIpc) is 2.86. The first kappa shape index (κ1) is 22.3. The number of aliphatic hydroxyl groups excluding tert-OH is 1. The summed E-state index contributed by atoms with van der Waals surface area (Å²) in [6, 6.07) is 19.4. The number of pyridine rings is 1. The van der Waals surface area contributed by atoms with Gasteiger partial charge in [-0.3, -0.25) is 14.7 Å². The van der Waals surface area contributed by atoms with Crippen LogP contribution in [0, 0.1) is 0 Å². The van der Waals surface area contributed by atoms with Crippen molar-refractivity contribution in [1.29, 1.82) is 0 Å². The van der Waals surface area contributed by atoms with Crippen molar-refractivity contribution >= 4 is 11.9 Å². The van der Waals surface area contributed by atoms with Gasteiger partial charge in [0.05, 0.1) is 37.9 Å². The van der Waals surface area contributed by atoms with Crippen LogP contribution in [0.15, 0.2) is 73.1 Å². The monoisotopic (exact) mass is 457 g/mol. The van der Waals surface area contributed by atoms with E-state index in [4.69, 9.17) is 4.74 Å². The first-order chi connectivity index (χ1) is 16.6. The fourth-order valence-electron chi connectivity index (χ4n) is 5.24. The molecule has 0 bridgehead atoms. The van der Waals surface area contributed by atoms with Crippen molar-refractivity contribution in [2.24, 2.45) is 0 Å². The van der Waals surface area contributed by atoms with Gasteiger partial charge in [0.15, 0.2) is 0 Å². The number of carbonyl (C=O) groups is 2. The molecule has 0 radical (unpaired) electrons. The van der Waals surface area contributed by atoms with Crippen LogP contribution < -0.4 is 0 Å². The molecular formula is C27H27N3O4. The van der Waals surface area contributed by atoms with Gasteiger partial charge < -0.3 is 14.7 Å². The molecule has 3 atom stereocenters. The van der Waals surface area contributed by atoms with Crippen LogP contribution in [0.3, 0.4) is 0 Å². The van der Waals surface area contributed by atoms with E-state index in [1.54, 1.807) is 18.3 Å². The van der Waals surface area contributed by atoms with Crippen LogP contribution in [0.2, 0.25) is 0 Å². The third-order valence-electron chi connectivity index (χ3n) is 6.89. The number of carbonyl (C=O) groups excluding carboxylic acids is 2. The SMILES string of the molecule is COC(=O)c1ccc(CN2CC(=O)N3[C@H](CO)[C@H](c4ccc(-c5cccnc5)cc4)[C@@H]3C2)cc1. The van der Waals surface area contributed by atoms with Crippen molar-refractivity contribution in [2.45, 2.75) is 24.5 Å². The smallest absolute Gasteiger partial charge is 0.337 e. The van der Waals surface area contributed by atoms with Gasteiger partial charge in [-0.05, 0) is 40.5 Å². The fraction of sp³-hybridized carbons (Fsp3) is 0.296. The molecule has 0 saturated carbocycles. The summed E-state index contributed by atoms with van der Waals surface area (Å²) in [5.74, 6) is -0.233. The lowest BCUT2D eigenvalue weighted by Gasteiger charge is -2.59. The maximum atomic E-state index is 12.9. The molecule has 2 aliphatic heterocycles. The Bertz CT molecular complexity index is 1160. The molecule has 2 aliphatic rings. The molecule has 0 unspecified atom stereocenters. The Kier molecular flexibility index (Phi) is 6.13. The summed E-state index contributed by atoms with van der Waals surface area (Å²) in [6.45, 7) is 1.62. The molecule has 0 spiro atoms. The van der Waals surface area contributed by atoms with Crippen molar-refractivity contribution in [3.63, 3.8) is 0 Å². The van der Waals surface area contributed by atoms with Crippen LogP contribution in [0.1, 0.15) is 27.4 Å². The van der Waals surface area contributed by atoms with E-state index in [1.165, 1.54) is 7.11 Å². The van der Waals surface area contributed by atoms with Gasteiger partial charge in [-0.2, -0.15) is 0 Å². The number of esters is 1. The predicted octanol–water partition coefficient (Wildman–Crippen LogP) is 2.71. The lowest BCUT2D eigenvalue weighted by molar-refractivity contribution is -0.162. The largest absolute Gasteiger partial charge is 0.465 e. The van der Waals surface area contributed by atoms with Crippen LogP contribution in [-0.2, 0) is 16.1 Å². The number of ether oxygens (including phenoxy) is 1. The highest BCUT2D eigenvalue weighted by Gasteiger charge is 2.53. The molecule has 2 fully saturated rings. The number of benzene rings is 2. The van der Waals surface area contributed by atoms with E-state index in [-0.39, 0.29) is 36.5 Å². The van der Waals surface area contributed by atoms with Crippen LogP contribution in [0.4, 0.5) is 0 Å². The summed E-state index contributed by atoms with van der Waals surface area (Å²) in [5.41, 5.74) is 4.81. The second kappa shape index (κ2) is 9.37. The van der Waals surface area contributed by atoms with Crippen molar-refractivity contribution < 1.29 is 19.4 Å². The van der Waals surface area contributed by atoms with Gasteiger partial charge in [0.1, 0.15) is 0 Å². The average molecular weight is 458 g/mol. The van der Waals surface area contributed by atoms with E-state index in [9.17, 15) is 14.7 Å². The standard InChI is InChI=1S/C27H27N3O4/c1-34-27(33)21-6-4-18(5-7-21)14-29-15-23-26(24(17-31)30(23)25(32)16-29)20-10-8-19(9-11-20)22-3-2-12-28-13-22/h2-13,23-24,26,31H,14-17H2,1H3/t23-,24+,26+/m0/s1. The predicted molar refractivity (Wildman–Crippen MR) is 127 cm³/mol. The first-order valence-corrected chi connectivity index (χ1v) is 11.4. The van der Waals surface area contributed by atoms with Crippen LogP contribution in [-0.4, -0.2) is 70.7 Å². The van der Waals surface area contributed by atoms with Crippen molar-refractivity contribution in [3.05, 3.63) is 89.7 Å². The van der Waals surface area contributed by atoms with Crippen molar-refractivity contribution in [1.82, 2.24) is 14.8 Å². The summed E-state index contributed by atoms with van der Waals surface area (Å²) in [6.07, 6.45) is 3.60. The summed E-state index contributed by atoms with van der Waals surface area (Å²) < 4.78 is 4.76. The molecule has 5 rings (SSSR count). The zero-order chi connectivity index (χ0) is 23.7. The van der Waals surface area contributed by atoms with E-state index in [0.717, 1.165) is 28.8 Å². The maximum Gasteiger partial charge on any atom is 0.337 e. The molecule has 2 saturated heterocycles. The van der Waals surface area contributed by atoms with Gasteiger partial charge in [-0.1, -0.05) is 42.5 Å². The van der Waals surface area contributed by atoms with Crippen molar-refractivity contribution in [2.75, 3.05) is 26.8 Å². The minimum Gasteiger partial charge on any atom is -0.465 e. The molecule has 1 aromatic heterocycles. The van der Waals surface area contributed by atoms with E-state index in [2.05, 4.69) is 34.1 Å². The number of hydrogen-bond acceptors (Lipinski definition) is 6. The minimum atomic E-state index is -0.364. The second-order valence-corrected chi connectivity index (χ2v) is 8.87. The molecule has 7 heteroatoms. The van der Waals surface area contributed by atoms with Gasteiger partial charge in [0.2, 0.25) is 5.91 Å². The van der Waals surface area contributed by atoms with E-state index < -0.39 is 0 Å². The Morgan fingerprint density at radius 2 is 1.85 bits per heavy atom. The number of rotatable bonds is 6. The number of amides is 1. The second-order valence-electron chi connectivity index (χ2n) is 8.87. The minimum absolute atomic E-state index is 0.0250. The number of hydrogen-bond donors (Lipinski definition) is 1. The van der Waals surface area contributed by atoms with Crippen LogP contribution in [0.25, 0.3) is 11.1 Å². The lowest BCUT2D eigenvalue weighted by Crippen LogP contribution is -2.72. The highest BCUT2D eigenvalue weighted by molar-refractivity contribution is 5.89. The third kappa shape index (κ3) is 4.08. The number of nitrogens with zero attached hydrogens (tertiary/aromatic N) is 3. The Hall–Kier alpha value is -3.55. The number of methoxy groups -OCH3 is 1. The van der Waals surface area contributed by atoms with E-state index >= 15 is 0 Å². The van der Waals surface area contributed by atoms with Crippen LogP contribution >= 0.6 is 0 Å². The van der Waals surface area contributed by atoms with Gasteiger partial charge in [-0.15, -0.1) is 0 Å². The van der Waals surface area contributed by atoms with E-state index in [1.807, 2.05) is 35.4 Å². The molecule has 3 aromatic rings. The normalized spacial score (nSPS) is 22.1. The number of fused-ring (bicyclic) bond motifs is 1. The lowest BCUT2D eigenvalue weighted by atomic mass is 9.73. The zero-order valence-electron chi connectivity index (χ0n) is 19.0. The van der Waals surface area contributed by atoms with Gasteiger partial charge >= 0.3 is 5.97 Å². The van der Waals surface area contributed by atoms with Gasteiger partial charge in [-0.25, -0.2) is 4.79 Å². The topological polar surface area (TPSA) is 83.0 Å². The zero-order valence-corrected chi connectivity index (χ0v) is 19.0. The molecule has 2 aromatic carbocycles. The molecule has 7 nitrogen and oxygen atoms in total. The quantitative estimate of drug-likeness (QED) is 0.573. The molecule has 1 amide bonds. The summed E-state index contributed by atoms with van der Waals surface area (Å²) in [7, 11) is 1.36. The summed E-state index contributed by atoms with van der Waals surface area (Å²) in [5, 5.41) is 10.0. The maximum absolute atomic E-state index is 12.9. The summed E-state index contributed by atoms with van der Waals surface area (Å²) >= 11 is 0. The van der Waals surface area contributed by atoms with Gasteiger partial charge in [0, 0.05) is 31.4 Å². The number of piperazine rings is 1. The van der Waals surface area contributed by atoms with Crippen LogP contribution in [0.5, 0.6) is 0 Å². The van der Waals surface area contributed by atoms with Crippen molar-refractivity contribution in [3.8, 4) is 11.1 Å². The first-order valence-electron chi connectivity index (χ1n) is 11.4. The Morgan fingerprint density at radius 3 is 2.50 bits per heavy atom. The molecule has 174 valence electrons. The number of aliphatic hydroxyl groups is 1.